The van der Waals surface area contributed by atoms with E-state index in [1.165, 1.54) is 6.26 Å². The molecule has 0 aromatic rings. The van der Waals surface area contributed by atoms with Gasteiger partial charge in [-0.25, -0.2) is 8.42 Å². The van der Waals surface area contributed by atoms with Gasteiger partial charge >= 0.3 is 0 Å². The predicted octanol–water partition coefficient (Wildman–Crippen LogP) is -0.0620. The van der Waals surface area contributed by atoms with Crippen molar-refractivity contribution in [3.63, 3.8) is 0 Å². The lowest BCUT2D eigenvalue weighted by Crippen LogP contribution is -2.39. The van der Waals surface area contributed by atoms with Crippen LogP contribution in [-0.2, 0) is 9.84 Å². The van der Waals surface area contributed by atoms with Gasteiger partial charge in [0.05, 0.1) is 11.9 Å². The summed E-state index contributed by atoms with van der Waals surface area (Å²) in [5.74, 6) is 0.504. The molecule has 1 aliphatic heterocycles. The number of aliphatic hydroxyl groups excluding tert-OH is 1. The minimum atomic E-state index is -2.86. The third-order valence-electron chi connectivity index (χ3n) is 2.95. The second kappa shape index (κ2) is 5.27. The number of sulfone groups is 1. The van der Waals surface area contributed by atoms with Crippen LogP contribution in [0.25, 0.3) is 0 Å². The topological polar surface area (TPSA) is 57.6 Å². The zero-order valence-corrected chi connectivity index (χ0v) is 10.0. The summed E-state index contributed by atoms with van der Waals surface area (Å²) in [6.45, 7) is 5.96. The van der Waals surface area contributed by atoms with Gasteiger partial charge in [-0.1, -0.05) is 0 Å². The predicted molar refractivity (Wildman–Crippen MR) is 60.2 cm³/mol. The molecule has 0 saturated carbocycles. The maximum absolute atomic E-state index is 11.0. The molecule has 1 aliphatic rings. The molecule has 0 aliphatic carbocycles. The van der Waals surface area contributed by atoms with Crippen LogP contribution in [0.3, 0.4) is 0 Å². The molecule has 1 N–H and O–H groups in total. The molecule has 1 rings (SSSR count). The Kier molecular flexibility index (Phi) is 4.55. The molecule has 0 amide bonds. The first-order chi connectivity index (χ1) is 6.88. The van der Waals surface area contributed by atoms with Gasteiger partial charge in [0.15, 0.2) is 0 Å². The second-order valence-corrected chi connectivity index (χ2v) is 6.64. The van der Waals surface area contributed by atoms with E-state index in [1.54, 1.807) is 0 Å². The number of hydrogen-bond donors (Lipinski definition) is 1. The molecule has 5 heteroatoms. The first kappa shape index (κ1) is 12.9. The van der Waals surface area contributed by atoms with E-state index in [9.17, 15) is 13.5 Å². The van der Waals surface area contributed by atoms with E-state index in [4.69, 9.17) is 0 Å². The first-order valence-corrected chi connectivity index (χ1v) is 7.36. The van der Waals surface area contributed by atoms with Crippen LogP contribution >= 0.6 is 0 Å². The number of rotatable bonds is 4. The molecule has 15 heavy (non-hydrogen) atoms. The van der Waals surface area contributed by atoms with Crippen molar-refractivity contribution in [2.45, 2.75) is 18.9 Å². The third kappa shape index (κ3) is 4.95. The number of nitrogens with zero attached hydrogens (tertiary/aromatic N) is 1. The Labute approximate surface area is 92.2 Å². The largest absolute Gasteiger partial charge is 0.393 e. The molecule has 1 atom stereocenters. The van der Waals surface area contributed by atoms with Gasteiger partial charge in [0, 0.05) is 12.8 Å². The Morgan fingerprint density at radius 3 is 2.40 bits per heavy atom. The van der Waals surface area contributed by atoms with E-state index in [2.05, 4.69) is 11.8 Å². The monoisotopic (exact) mass is 234 g/mol. The number of aliphatic hydroxyl groups is 1. The fraction of sp³-hybridized carbons (Fsp3) is 0.900. The molecule has 1 unspecified atom stereocenters. The van der Waals surface area contributed by atoms with Crippen LogP contribution < -0.4 is 0 Å². The Morgan fingerprint density at radius 2 is 2.00 bits per heavy atom. The Morgan fingerprint density at radius 1 is 1.47 bits per heavy atom. The molecule has 1 saturated heterocycles. The highest BCUT2D eigenvalue weighted by molar-refractivity contribution is 7.90. The van der Waals surface area contributed by atoms with Crippen LogP contribution in [0.15, 0.2) is 0 Å². The molecule has 0 spiro atoms. The fourth-order valence-corrected chi connectivity index (χ4v) is 2.45. The van der Waals surface area contributed by atoms with E-state index in [0.29, 0.717) is 6.54 Å². The van der Waals surface area contributed by atoms with Crippen LogP contribution in [0.2, 0.25) is 0 Å². The van der Waals surface area contributed by atoms with Gasteiger partial charge in [-0.05, 0) is 38.8 Å². The summed E-state index contributed by atoms with van der Waals surface area (Å²) in [7, 11) is -2.86. The van der Waals surface area contributed by atoms with Crippen molar-refractivity contribution in [3.8, 4) is 0 Å². The molecule has 1 radical (unpaired) electrons. The van der Waals surface area contributed by atoms with Crippen LogP contribution in [0.1, 0.15) is 12.8 Å². The lowest BCUT2D eigenvalue weighted by Gasteiger charge is -2.32. The van der Waals surface area contributed by atoms with Crippen molar-refractivity contribution < 1.29 is 13.5 Å². The average molecular weight is 234 g/mol. The smallest absolute Gasteiger partial charge is 0.148 e. The molecular weight excluding hydrogens is 214 g/mol. The highest BCUT2D eigenvalue weighted by atomic mass is 32.2. The summed E-state index contributed by atoms with van der Waals surface area (Å²) >= 11 is 0. The van der Waals surface area contributed by atoms with E-state index in [-0.39, 0.29) is 11.7 Å². The van der Waals surface area contributed by atoms with E-state index >= 15 is 0 Å². The number of likely N-dealkylation sites (tertiary alicyclic amines) is 1. The number of hydrogen-bond acceptors (Lipinski definition) is 4. The fourth-order valence-electron chi connectivity index (χ4n) is 1.86. The summed E-state index contributed by atoms with van der Waals surface area (Å²) in [4.78, 5) is 2.14. The Hall–Kier alpha value is -0.130. The lowest BCUT2D eigenvalue weighted by atomic mass is 9.92. The standard InChI is InChI=1S/C10H20NO3S/c1-9(12)10-3-5-11(6-4-10)7-8-15(2,13)14/h9-10,12H,1,3-8H2,2H3. The molecule has 89 valence electrons. The SMILES string of the molecule is [CH2]C(O)C1CCN(CCS(C)(=O)=O)CC1. The Bertz CT molecular complexity index is 279. The van der Waals surface area contributed by atoms with Crippen LogP contribution in [0.5, 0.6) is 0 Å². The van der Waals surface area contributed by atoms with Crippen molar-refractivity contribution in [1.29, 1.82) is 0 Å². The van der Waals surface area contributed by atoms with Gasteiger partial charge in [0.2, 0.25) is 0 Å². The van der Waals surface area contributed by atoms with E-state index in [0.717, 1.165) is 25.9 Å². The summed E-state index contributed by atoms with van der Waals surface area (Å²) in [6, 6.07) is 0. The van der Waals surface area contributed by atoms with Crippen molar-refractivity contribution in [2.24, 2.45) is 5.92 Å². The van der Waals surface area contributed by atoms with Crippen LogP contribution in [0.4, 0.5) is 0 Å². The molecule has 0 aromatic carbocycles. The summed E-state index contributed by atoms with van der Waals surface area (Å²) < 4.78 is 21.9. The van der Waals surface area contributed by atoms with E-state index < -0.39 is 15.9 Å². The molecule has 4 nitrogen and oxygen atoms in total. The van der Waals surface area contributed by atoms with Crippen LogP contribution in [-0.4, -0.2) is 56.2 Å². The zero-order valence-electron chi connectivity index (χ0n) is 9.22. The maximum Gasteiger partial charge on any atom is 0.148 e. The highest BCUT2D eigenvalue weighted by Crippen LogP contribution is 2.19. The summed E-state index contributed by atoms with van der Waals surface area (Å²) in [5.41, 5.74) is 0. The quantitative estimate of drug-likeness (QED) is 0.740. The average Bonchev–Trinajstić information content (AvgIpc) is 2.14. The zero-order chi connectivity index (χ0) is 11.5. The maximum atomic E-state index is 11.0. The summed E-state index contributed by atoms with van der Waals surface area (Å²) in [6.07, 6.45) is 2.60. The van der Waals surface area contributed by atoms with Crippen molar-refractivity contribution in [3.05, 3.63) is 6.92 Å². The molecule has 1 fully saturated rings. The highest BCUT2D eigenvalue weighted by Gasteiger charge is 2.22. The molecule has 0 aromatic heterocycles. The lowest BCUT2D eigenvalue weighted by molar-refractivity contribution is 0.0903. The van der Waals surface area contributed by atoms with Crippen LogP contribution in [0, 0.1) is 12.8 Å². The third-order valence-corrected chi connectivity index (χ3v) is 3.88. The van der Waals surface area contributed by atoms with Gasteiger partial charge in [-0.2, -0.15) is 0 Å². The first-order valence-electron chi connectivity index (χ1n) is 5.30. The van der Waals surface area contributed by atoms with E-state index in [1.807, 2.05) is 0 Å². The van der Waals surface area contributed by atoms with Gasteiger partial charge in [0.25, 0.3) is 0 Å². The van der Waals surface area contributed by atoms with Gasteiger partial charge in [-0.15, -0.1) is 0 Å². The minimum absolute atomic E-state index is 0.227. The summed E-state index contributed by atoms with van der Waals surface area (Å²) in [5, 5.41) is 9.30. The van der Waals surface area contributed by atoms with Crippen molar-refractivity contribution >= 4 is 9.84 Å². The normalized spacial score (nSPS) is 22.9. The van der Waals surface area contributed by atoms with Gasteiger partial charge < -0.3 is 10.0 Å². The number of piperidine rings is 1. The molecule has 1 heterocycles. The van der Waals surface area contributed by atoms with Crippen molar-refractivity contribution in [1.82, 2.24) is 4.90 Å². The molecular formula is C10H20NO3S. The van der Waals surface area contributed by atoms with Gasteiger partial charge in [0.1, 0.15) is 9.84 Å². The molecule has 0 bridgehead atoms. The Balaban J connectivity index is 2.26. The van der Waals surface area contributed by atoms with Crippen molar-refractivity contribution in [2.75, 3.05) is 31.6 Å². The van der Waals surface area contributed by atoms with Gasteiger partial charge in [-0.3, -0.25) is 0 Å². The minimum Gasteiger partial charge on any atom is -0.393 e. The second-order valence-electron chi connectivity index (χ2n) is 4.38.